The van der Waals surface area contributed by atoms with E-state index in [0.717, 1.165) is 18.4 Å². The van der Waals surface area contributed by atoms with Crippen molar-refractivity contribution in [1.29, 1.82) is 0 Å². The maximum absolute atomic E-state index is 12.2. The second-order valence-electron chi connectivity index (χ2n) is 5.79. The molecular formula is C15H25N5O3. The minimum Gasteiger partial charge on any atom is -0.450 e. The molecule has 23 heavy (non-hydrogen) atoms. The van der Waals surface area contributed by atoms with Crippen molar-refractivity contribution in [3.63, 3.8) is 0 Å². The van der Waals surface area contributed by atoms with Gasteiger partial charge < -0.3 is 19.9 Å². The number of likely N-dealkylation sites (tertiary alicyclic amines) is 1. The molecule has 1 aliphatic heterocycles. The molecule has 0 saturated carbocycles. The van der Waals surface area contributed by atoms with E-state index in [1.165, 1.54) is 0 Å². The number of carbonyl (C=O) groups is 2. The van der Waals surface area contributed by atoms with Gasteiger partial charge in [0.25, 0.3) is 0 Å². The fourth-order valence-electron chi connectivity index (χ4n) is 2.61. The first kappa shape index (κ1) is 17.1. The summed E-state index contributed by atoms with van der Waals surface area (Å²) in [6.45, 7) is 3.91. The summed E-state index contributed by atoms with van der Waals surface area (Å²) in [5.41, 5.74) is 0.988. The molecule has 2 rings (SSSR count). The second kappa shape index (κ2) is 7.85. The van der Waals surface area contributed by atoms with Gasteiger partial charge >= 0.3 is 12.1 Å². The monoisotopic (exact) mass is 323 g/mol. The summed E-state index contributed by atoms with van der Waals surface area (Å²) in [7, 11) is 3.61. The van der Waals surface area contributed by atoms with E-state index in [-0.39, 0.29) is 18.2 Å². The molecule has 128 valence electrons. The highest BCUT2D eigenvalue weighted by atomic mass is 16.6. The molecule has 8 heteroatoms. The lowest BCUT2D eigenvalue weighted by Crippen LogP contribution is -2.49. The molecule has 1 saturated heterocycles. The number of hydrogen-bond donors (Lipinski definition) is 1. The van der Waals surface area contributed by atoms with Gasteiger partial charge in [-0.3, -0.25) is 4.68 Å². The minimum atomic E-state index is -0.272. The fourth-order valence-corrected chi connectivity index (χ4v) is 2.61. The van der Waals surface area contributed by atoms with E-state index in [1.54, 1.807) is 34.6 Å². The zero-order valence-electron chi connectivity index (χ0n) is 14.0. The summed E-state index contributed by atoms with van der Waals surface area (Å²) in [4.78, 5) is 27.2. The van der Waals surface area contributed by atoms with Crippen molar-refractivity contribution in [1.82, 2.24) is 24.9 Å². The maximum Gasteiger partial charge on any atom is 0.409 e. The third kappa shape index (κ3) is 4.87. The van der Waals surface area contributed by atoms with Crippen molar-refractivity contribution < 1.29 is 14.3 Å². The van der Waals surface area contributed by atoms with Crippen molar-refractivity contribution in [3.8, 4) is 0 Å². The van der Waals surface area contributed by atoms with Crippen molar-refractivity contribution in [2.24, 2.45) is 7.05 Å². The number of amides is 3. The van der Waals surface area contributed by atoms with E-state index < -0.39 is 0 Å². The summed E-state index contributed by atoms with van der Waals surface area (Å²) >= 11 is 0. The van der Waals surface area contributed by atoms with Crippen LogP contribution in [0.1, 0.15) is 25.3 Å². The summed E-state index contributed by atoms with van der Waals surface area (Å²) in [5, 5.41) is 7.11. The van der Waals surface area contributed by atoms with Gasteiger partial charge in [0, 0.05) is 45.0 Å². The van der Waals surface area contributed by atoms with Crippen molar-refractivity contribution in [2.75, 3.05) is 26.7 Å². The first-order valence-electron chi connectivity index (χ1n) is 7.90. The predicted octanol–water partition coefficient (Wildman–Crippen LogP) is 1.18. The van der Waals surface area contributed by atoms with Gasteiger partial charge in [0.15, 0.2) is 0 Å². The van der Waals surface area contributed by atoms with Crippen LogP contribution in [-0.4, -0.2) is 64.5 Å². The lowest BCUT2D eigenvalue weighted by atomic mass is 10.1. The average molecular weight is 323 g/mol. The van der Waals surface area contributed by atoms with Crippen LogP contribution in [0.15, 0.2) is 12.4 Å². The minimum absolute atomic E-state index is 0.0875. The Morgan fingerprint density at radius 3 is 2.70 bits per heavy atom. The molecule has 0 radical (unpaired) electrons. The molecule has 1 aliphatic rings. The summed E-state index contributed by atoms with van der Waals surface area (Å²) in [5.74, 6) is 0. The summed E-state index contributed by atoms with van der Waals surface area (Å²) in [6, 6.07) is -0.0204. The second-order valence-corrected chi connectivity index (χ2v) is 5.79. The number of urea groups is 1. The normalized spacial score (nSPS) is 15.3. The quantitative estimate of drug-likeness (QED) is 0.902. The number of nitrogens with zero attached hydrogens (tertiary/aromatic N) is 4. The van der Waals surface area contributed by atoms with E-state index >= 15 is 0 Å². The molecular weight excluding hydrogens is 298 g/mol. The van der Waals surface area contributed by atoms with Gasteiger partial charge in [-0.15, -0.1) is 0 Å². The van der Waals surface area contributed by atoms with Gasteiger partial charge in [-0.2, -0.15) is 5.10 Å². The van der Waals surface area contributed by atoms with Gasteiger partial charge in [-0.05, 0) is 19.8 Å². The van der Waals surface area contributed by atoms with Gasteiger partial charge in [-0.25, -0.2) is 9.59 Å². The van der Waals surface area contributed by atoms with Gasteiger partial charge in [0.05, 0.1) is 19.3 Å². The molecule has 0 aliphatic carbocycles. The molecule has 1 aromatic heterocycles. The number of rotatable bonds is 4. The lowest BCUT2D eigenvalue weighted by molar-refractivity contribution is 0.0952. The van der Waals surface area contributed by atoms with Crippen LogP contribution >= 0.6 is 0 Å². The van der Waals surface area contributed by atoms with Crippen LogP contribution < -0.4 is 5.32 Å². The predicted molar refractivity (Wildman–Crippen MR) is 84.8 cm³/mol. The highest BCUT2D eigenvalue weighted by Gasteiger charge is 2.25. The zero-order chi connectivity index (χ0) is 16.8. The van der Waals surface area contributed by atoms with E-state index in [4.69, 9.17) is 4.74 Å². The Labute approximate surface area is 136 Å². The van der Waals surface area contributed by atoms with Gasteiger partial charge in [0.1, 0.15) is 0 Å². The number of ether oxygens (including phenoxy) is 1. The average Bonchev–Trinajstić information content (AvgIpc) is 2.93. The first-order chi connectivity index (χ1) is 11.0. The Hall–Kier alpha value is -2.25. The zero-order valence-corrected chi connectivity index (χ0v) is 14.0. The largest absolute Gasteiger partial charge is 0.450 e. The van der Waals surface area contributed by atoms with Crippen LogP contribution in [0.2, 0.25) is 0 Å². The molecule has 3 amide bonds. The van der Waals surface area contributed by atoms with Crippen molar-refractivity contribution >= 4 is 12.1 Å². The van der Waals surface area contributed by atoms with Crippen LogP contribution in [0.5, 0.6) is 0 Å². The number of aromatic nitrogens is 2. The fraction of sp³-hybridized carbons (Fsp3) is 0.667. The molecule has 0 spiro atoms. The van der Waals surface area contributed by atoms with Crippen molar-refractivity contribution in [2.45, 2.75) is 32.4 Å². The number of hydrogen-bond acceptors (Lipinski definition) is 4. The van der Waals surface area contributed by atoms with Crippen molar-refractivity contribution in [3.05, 3.63) is 18.0 Å². The molecule has 0 atom stereocenters. The first-order valence-corrected chi connectivity index (χ1v) is 7.90. The molecule has 2 heterocycles. The van der Waals surface area contributed by atoms with Crippen LogP contribution in [0.4, 0.5) is 9.59 Å². The summed E-state index contributed by atoms with van der Waals surface area (Å²) in [6.07, 6.45) is 4.85. The van der Waals surface area contributed by atoms with Crippen LogP contribution in [0, 0.1) is 0 Å². The topological polar surface area (TPSA) is 79.7 Å². The smallest absolute Gasteiger partial charge is 0.409 e. The SMILES string of the molecule is CCOC(=O)N1CCC(NC(=O)N(C)Cc2cnn(C)c2)CC1. The van der Waals surface area contributed by atoms with Crippen LogP contribution in [-0.2, 0) is 18.3 Å². The number of aryl methyl sites for hydroxylation is 1. The standard InChI is InChI=1S/C15H25N5O3/c1-4-23-15(22)20-7-5-13(6-8-20)17-14(21)18(2)10-12-9-16-19(3)11-12/h9,11,13H,4-8,10H2,1-3H3,(H,17,21). The Morgan fingerprint density at radius 1 is 1.43 bits per heavy atom. The summed E-state index contributed by atoms with van der Waals surface area (Å²) < 4.78 is 6.70. The Morgan fingerprint density at radius 2 is 2.13 bits per heavy atom. The number of carbonyl (C=O) groups excluding carboxylic acids is 2. The molecule has 0 bridgehead atoms. The van der Waals surface area contributed by atoms with Crippen LogP contribution in [0.3, 0.4) is 0 Å². The maximum atomic E-state index is 12.2. The number of nitrogens with one attached hydrogen (secondary N) is 1. The highest BCUT2D eigenvalue weighted by molar-refractivity contribution is 5.74. The van der Waals surface area contributed by atoms with Crippen LogP contribution in [0.25, 0.3) is 0 Å². The molecule has 0 aromatic carbocycles. The number of piperidine rings is 1. The van der Waals surface area contributed by atoms with E-state index in [9.17, 15) is 9.59 Å². The van der Waals surface area contributed by atoms with Gasteiger partial charge in [0.2, 0.25) is 0 Å². The Kier molecular flexibility index (Phi) is 5.84. The molecule has 8 nitrogen and oxygen atoms in total. The Bertz CT molecular complexity index is 537. The lowest BCUT2D eigenvalue weighted by Gasteiger charge is -2.32. The van der Waals surface area contributed by atoms with E-state index in [2.05, 4.69) is 10.4 Å². The highest BCUT2D eigenvalue weighted by Crippen LogP contribution is 2.12. The molecule has 1 fully saturated rings. The molecule has 1 aromatic rings. The third-order valence-electron chi connectivity index (χ3n) is 3.87. The van der Waals surface area contributed by atoms with Gasteiger partial charge in [-0.1, -0.05) is 0 Å². The van der Waals surface area contributed by atoms with E-state index in [0.29, 0.717) is 26.2 Å². The molecule has 0 unspecified atom stereocenters. The third-order valence-corrected chi connectivity index (χ3v) is 3.87. The van der Waals surface area contributed by atoms with E-state index in [1.807, 2.05) is 13.2 Å². The molecule has 1 N–H and O–H groups in total. The Balaban J connectivity index is 1.74.